The van der Waals surface area contributed by atoms with Crippen LogP contribution in [0.15, 0.2) is 71.6 Å². The van der Waals surface area contributed by atoms with Gasteiger partial charge in [-0.15, -0.1) is 0 Å². The number of nitrogens with one attached hydrogen (secondary N) is 2. The fourth-order valence-corrected chi connectivity index (χ4v) is 5.10. The molecule has 2 N–H and O–H groups in total. The molecule has 0 unspecified atom stereocenters. The van der Waals surface area contributed by atoms with Gasteiger partial charge in [-0.25, -0.2) is 8.42 Å². The van der Waals surface area contributed by atoms with Crippen molar-refractivity contribution in [2.24, 2.45) is 0 Å². The van der Waals surface area contributed by atoms with Gasteiger partial charge in [0.05, 0.1) is 17.8 Å². The van der Waals surface area contributed by atoms with Gasteiger partial charge in [-0.1, -0.05) is 65.1 Å². The van der Waals surface area contributed by atoms with Gasteiger partial charge in [0.1, 0.15) is 16.7 Å². The molecule has 0 saturated heterocycles. The Kier molecular flexibility index (Phi) is 8.03. The van der Waals surface area contributed by atoms with Crippen LogP contribution >= 0.6 is 34.8 Å². The zero-order chi connectivity index (χ0) is 23.3. The largest absolute Gasteiger partial charge is 0.495 e. The second-order valence-electron chi connectivity index (χ2n) is 6.77. The number of benzene rings is 3. The van der Waals surface area contributed by atoms with Crippen molar-refractivity contribution in [2.75, 3.05) is 12.4 Å². The van der Waals surface area contributed by atoms with E-state index >= 15 is 0 Å². The van der Waals surface area contributed by atoms with Gasteiger partial charge in [0, 0.05) is 10.0 Å². The highest BCUT2D eigenvalue weighted by Crippen LogP contribution is 2.29. The third-order valence-electron chi connectivity index (χ3n) is 4.50. The molecule has 168 valence electrons. The van der Waals surface area contributed by atoms with Crippen molar-refractivity contribution in [3.8, 4) is 5.75 Å². The van der Waals surface area contributed by atoms with E-state index in [-0.39, 0.29) is 21.4 Å². The third kappa shape index (κ3) is 6.15. The van der Waals surface area contributed by atoms with Gasteiger partial charge in [-0.3, -0.25) is 4.79 Å². The molecule has 3 rings (SSSR count). The lowest BCUT2D eigenvalue weighted by Gasteiger charge is -2.20. The van der Waals surface area contributed by atoms with Crippen LogP contribution < -0.4 is 14.8 Å². The van der Waals surface area contributed by atoms with Crippen LogP contribution in [-0.2, 0) is 21.2 Å². The molecular formula is C22H19Cl3N2O4S. The number of ether oxygens (including phenoxy) is 1. The molecule has 0 bridgehead atoms. The van der Waals surface area contributed by atoms with Crippen molar-refractivity contribution >= 4 is 56.4 Å². The van der Waals surface area contributed by atoms with Crippen molar-refractivity contribution in [1.82, 2.24) is 4.72 Å². The Bertz CT molecular complexity index is 1220. The number of methoxy groups -OCH3 is 1. The van der Waals surface area contributed by atoms with E-state index in [1.807, 2.05) is 6.07 Å². The average Bonchev–Trinajstić information content (AvgIpc) is 2.75. The summed E-state index contributed by atoms with van der Waals surface area (Å²) in [7, 11) is -2.73. The number of hydrogen-bond donors (Lipinski definition) is 2. The Morgan fingerprint density at radius 3 is 2.31 bits per heavy atom. The molecule has 0 fully saturated rings. The fraction of sp³-hybridized carbons (Fsp3) is 0.136. The summed E-state index contributed by atoms with van der Waals surface area (Å²) in [5.41, 5.74) is 1.06. The van der Waals surface area contributed by atoms with E-state index in [4.69, 9.17) is 39.5 Å². The number of halogens is 3. The molecule has 6 nitrogen and oxygen atoms in total. The lowest BCUT2D eigenvalue weighted by molar-refractivity contribution is -0.117. The van der Waals surface area contributed by atoms with E-state index in [1.54, 1.807) is 36.4 Å². The number of amides is 1. The molecule has 0 radical (unpaired) electrons. The molecule has 32 heavy (non-hydrogen) atoms. The second kappa shape index (κ2) is 10.6. The summed E-state index contributed by atoms with van der Waals surface area (Å²) in [5.74, 6) is -0.224. The SMILES string of the molecule is COc1ccc(Cl)cc1NC(=O)[C@H](Cc1ccccc1)NS(=O)(=O)c1cc(Cl)ccc1Cl. The van der Waals surface area contributed by atoms with E-state index in [0.717, 1.165) is 5.56 Å². The molecular weight excluding hydrogens is 495 g/mol. The van der Waals surface area contributed by atoms with Crippen molar-refractivity contribution in [1.29, 1.82) is 0 Å². The van der Waals surface area contributed by atoms with E-state index in [2.05, 4.69) is 10.0 Å². The molecule has 0 aliphatic rings. The normalized spacial score (nSPS) is 12.2. The number of carbonyl (C=O) groups excluding carboxylic acids is 1. The van der Waals surface area contributed by atoms with Crippen molar-refractivity contribution in [3.05, 3.63) is 87.4 Å². The van der Waals surface area contributed by atoms with Crippen molar-refractivity contribution < 1.29 is 17.9 Å². The molecule has 10 heteroatoms. The Morgan fingerprint density at radius 1 is 0.969 bits per heavy atom. The van der Waals surface area contributed by atoms with Crippen LogP contribution in [0.1, 0.15) is 5.56 Å². The third-order valence-corrected chi connectivity index (χ3v) is 6.92. The van der Waals surface area contributed by atoms with Crippen LogP contribution in [0, 0.1) is 0 Å². The summed E-state index contributed by atoms with van der Waals surface area (Å²) in [6.45, 7) is 0. The minimum Gasteiger partial charge on any atom is -0.495 e. The van der Waals surface area contributed by atoms with Gasteiger partial charge < -0.3 is 10.1 Å². The highest BCUT2D eigenvalue weighted by Gasteiger charge is 2.28. The van der Waals surface area contributed by atoms with Crippen LogP contribution in [0.2, 0.25) is 15.1 Å². The summed E-state index contributed by atoms with van der Waals surface area (Å²) in [4.78, 5) is 12.9. The molecule has 1 atom stereocenters. The average molecular weight is 514 g/mol. The lowest BCUT2D eigenvalue weighted by atomic mass is 10.1. The first kappa shape index (κ1) is 24.4. The summed E-state index contributed by atoms with van der Waals surface area (Å²) in [6, 6.07) is 16.6. The van der Waals surface area contributed by atoms with Gasteiger partial charge >= 0.3 is 0 Å². The van der Waals surface area contributed by atoms with Gasteiger partial charge in [0.2, 0.25) is 15.9 Å². The topological polar surface area (TPSA) is 84.5 Å². The monoisotopic (exact) mass is 512 g/mol. The molecule has 0 saturated carbocycles. The lowest BCUT2D eigenvalue weighted by Crippen LogP contribution is -2.45. The van der Waals surface area contributed by atoms with Crippen LogP contribution in [0.3, 0.4) is 0 Å². The Labute approximate surface area is 201 Å². The predicted molar refractivity (Wildman–Crippen MR) is 127 cm³/mol. The number of hydrogen-bond acceptors (Lipinski definition) is 4. The molecule has 3 aromatic rings. The van der Waals surface area contributed by atoms with Gasteiger partial charge in [-0.2, -0.15) is 4.72 Å². The molecule has 0 aliphatic heterocycles. The van der Waals surface area contributed by atoms with E-state index in [1.165, 1.54) is 31.4 Å². The highest BCUT2D eigenvalue weighted by atomic mass is 35.5. The maximum Gasteiger partial charge on any atom is 0.243 e. The molecule has 3 aromatic carbocycles. The van der Waals surface area contributed by atoms with Crippen molar-refractivity contribution in [3.63, 3.8) is 0 Å². The highest BCUT2D eigenvalue weighted by molar-refractivity contribution is 7.89. The van der Waals surface area contributed by atoms with Gasteiger partial charge in [0.15, 0.2) is 0 Å². The van der Waals surface area contributed by atoms with E-state index in [9.17, 15) is 13.2 Å². The first-order valence-electron chi connectivity index (χ1n) is 9.35. The van der Waals surface area contributed by atoms with Gasteiger partial charge in [-0.05, 0) is 48.4 Å². The van der Waals surface area contributed by atoms with Gasteiger partial charge in [0.25, 0.3) is 0 Å². The zero-order valence-corrected chi connectivity index (χ0v) is 19.9. The Morgan fingerprint density at radius 2 is 1.62 bits per heavy atom. The molecule has 0 aliphatic carbocycles. The molecule has 1 amide bonds. The Balaban J connectivity index is 1.94. The summed E-state index contributed by atoms with van der Waals surface area (Å²) < 4.78 is 33.8. The van der Waals surface area contributed by atoms with Crippen LogP contribution in [0.25, 0.3) is 0 Å². The van der Waals surface area contributed by atoms with Crippen molar-refractivity contribution in [2.45, 2.75) is 17.4 Å². The Hall–Kier alpha value is -2.29. The second-order valence-corrected chi connectivity index (χ2v) is 9.73. The zero-order valence-electron chi connectivity index (χ0n) is 16.8. The smallest absolute Gasteiger partial charge is 0.243 e. The molecule has 0 aromatic heterocycles. The summed E-state index contributed by atoms with van der Waals surface area (Å²) >= 11 is 18.1. The maximum atomic E-state index is 13.2. The number of anilines is 1. The summed E-state index contributed by atoms with van der Waals surface area (Å²) in [5, 5.41) is 3.25. The quantitative estimate of drug-likeness (QED) is 0.434. The van der Waals surface area contributed by atoms with E-state index in [0.29, 0.717) is 16.5 Å². The maximum absolute atomic E-state index is 13.2. The number of rotatable bonds is 8. The summed E-state index contributed by atoms with van der Waals surface area (Å²) in [6.07, 6.45) is 0.0902. The molecule has 0 spiro atoms. The van der Waals surface area contributed by atoms with Crippen LogP contribution in [0.5, 0.6) is 5.75 Å². The van der Waals surface area contributed by atoms with Crippen LogP contribution in [-0.4, -0.2) is 27.5 Å². The first-order valence-corrected chi connectivity index (χ1v) is 12.0. The number of sulfonamides is 1. The minimum atomic E-state index is -4.18. The fourth-order valence-electron chi connectivity index (χ4n) is 2.97. The van der Waals surface area contributed by atoms with E-state index < -0.39 is 22.0 Å². The standard InChI is InChI=1S/C22H19Cl3N2O4S/c1-31-20-10-8-15(23)12-18(20)26-22(28)19(11-14-5-3-2-4-6-14)27-32(29,30)21-13-16(24)7-9-17(21)25/h2-10,12-13,19,27H,11H2,1H3,(H,26,28)/t19-/m0/s1. The molecule has 0 heterocycles. The predicted octanol–water partition coefficient (Wildman–Crippen LogP) is 5.18. The minimum absolute atomic E-state index is 0.0164. The van der Waals surface area contributed by atoms with Crippen LogP contribution in [0.4, 0.5) is 5.69 Å². The number of carbonyl (C=O) groups is 1. The first-order chi connectivity index (χ1) is 15.2.